The number of primary amides is 1. The number of rotatable bonds is 6. The highest BCUT2D eigenvalue weighted by molar-refractivity contribution is 5.92. The number of amides is 2. The molecule has 2 atom stereocenters. The number of aryl methyl sites for hydroxylation is 1. The first-order chi connectivity index (χ1) is 16.4. The average Bonchev–Trinajstić information content (AvgIpc) is 3.37. The molecule has 0 radical (unpaired) electrons. The SMILES string of the molecule is Cn1cccc1C(=O)NCC(c1cc2c(c(-c3ccc(F)cc3)n1)OC[C@]2(C)C(N)=O)C(F)(F)F. The normalized spacial score (nSPS) is 18.0. The third-order valence-electron chi connectivity index (χ3n) is 6.15. The smallest absolute Gasteiger partial charge is 0.398 e. The fourth-order valence-corrected chi connectivity index (χ4v) is 3.96. The van der Waals surface area contributed by atoms with E-state index >= 15 is 0 Å². The van der Waals surface area contributed by atoms with Crippen LogP contribution in [0.4, 0.5) is 17.6 Å². The summed E-state index contributed by atoms with van der Waals surface area (Å²) in [5.74, 6) is -4.10. The number of carbonyl (C=O) groups excluding carboxylic acids is 2. The quantitative estimate of drug-likeness (QED) is 0.517. The minimum Gasteiger partial charge on any atom is -0.489 e. The molecule has 2 amide bonds. The van der Waals surface area contributed by atoms with Crippen molar-refractivity contribution in [1.29, 1.82) is 0 Å². The predicted molar refractivity (Wildman–Crippen MR) is 118 cm³/mol. The Morgan fingerprint density at radius 1 is 1.26 bits per heavy atom. The van der Waals surface area contributed by atoms with Crippen LogP contribution in [-0.4, -0.2) is 40.7 Å². The molecule has 0 fully saturated rings. The lowest BCUT2D eigenvalue weighted by Crippen LogP contribution is -2.40. The van der Waals surface area contributed by atoms with Gasteiger partial charge in [-0.25, -0.2) is 9.37 Å². The van der Waals surface area contributed by atoms with Crippen molar-refractivity contribution in [3.05, 3.63) is 71.4 Å². The molecule has 3 N–H and O–H groups in total. The van der Waals surface area contributed by atoms with Crippen LogP contribution in [0.2, 0.25) is 0 Å². The predicted octanol–water partition coefficient (Wildman–Crippen LogP) is 3.44. The van der Waals surface area contributed by atoms with Gasteiger partial charge in [0.05, 0.1) is 5.69 Å². The van der Waals surface area contributed by atoms with Gasteiger partial charge in [0.2, 0.25) is 5.91 Å². The van der Waals surface area contributed by atoms with Gasteiger partial charge in [0.15, 0.2) is 0 Å². The van der Waals surface area contributed by atoms with E-state index in [0.717, 1.165) is 18.2 Å². The van der Waals surface area contributed by atoms with E-state index < -0.39 is 47.4 Å². The maximum Gasteiger partial charge on any atom is 0.398 e. The maximum atomic E-state index is 14.2. The summed E-state index contributed by atoms with van der Waals surface area (Å²) in [6.45, 7) is 0.493. The molecule has 0 aliphatic carbocycles. The number of ether oxygens (including phenoxy) is 1. The van der Waals surface area contributed by atoms with Crippen LogP contribution in [0.1, 0.15) is 34.6 Å². The largest absolute Gasteiger partial charge is 0.489 e. The molecule has 1 unspecified atom stereocenters. The molecule has 0 spiro atoms. The summed E-state index contributed by atoms with van der Waals surface area (Å²) in [6, 6.07) is 9.20. The number of alkyl halides is 3. The second-order valence-corrected chi connectivity index (χ2v) is 8.57. The Morgan fingerprint density at radius 3 is 2.51 bits per heavy atom. The molecule has 3 heterocycles. The van der Waals surface area contributed by atoms with E-state index in [1.165, 1.54) is 29.7 Å². The minimum atomic E-state index is -4.79. The average molecular weight is 490 g/mol. The first kappa shape index (κ1) is 24.2. The number of aromatic nitrogens is 2. The molecule has 11 heteroatoms. The molecule has 3 aromatic rings. The molecule has 2 aromatic heterocycles. The second-order valence-electron chi connectivity index (χ2n) is 8.57. The standard InChI is InChI=1S/C24H22F4N4O3/c1-23(22(29)34)12-35-20-15(23)10-17(31-19(20)13-5-7-14(25)8-6-13)16(24(26,27)28)11-30-21(33)18-4-3-9-32(18)2/h3-10,16H,11-12H2,1-2H3,(H2,29,34)(H,30,33)/t16?,23-/m0/s1. The third-order valence-corrected chi connectivity index (χ3v) is 6.15. The van der Waals surface area contributed by atoms with Crippen molar-refractivity contribution in [2.45, 2.75) is 24.4 Å². The van der Waals surface area contributed by atoms with Crippen LogP contribution < -0.4 is 15.8 Å². The van der Waals surface area contributed by atoms with Gasteiger partial charge in [0.1, 0.15) is 40.9 Å². The lowest BCUT2D eigenvalue weighted by Gasteiger charge is -2.24. The Bertz CT molecular complexity index is 1290. The van der Waals surface area contributed by atoms with Gasteiger partial charge in [-0.1, -0.05) is 0 Å². The summed E-state index contributed by atoms with van der Waals surface area (Å²) < 4.78 is 63.2. The Morgan fingerprint density at radius 2 is 1.94 bits per heavy atom. The maximum absolute atomic E-state index is 14.2. The van der Waals surface area contributed by atoms with Gasteiger partial charge >= 0.3 is 6.18 Å². The van der Waals surface area contributed by atoms with Gasteiger partial charge in [-0.2, -0.15) is 13.2 Å². The van der Waals surface area contributed by atoms with Crippen molar-refractivity contribution < 1.29 is 31.9 Å². The van der Waals surface area contributed by atoms with Gasteiger partial charge < -0.3 is 20.4 Å². The van der Waals surface area contributed by atoms with E-state index in [9.17, 15) is 27.2 Å². The molecule has 0 saturated carbocycles. The summed E-state index contributed by atoms with van der Waals surface area (Å²) in [7, 11) is 1.60. The zero-order chi connectivity index (χ0) is 25.5. The Kier molecular flexibility index (Phi) is 6.04. The van der Waals surface area contributed by atoms with Crippen molar-refractivity contribution in [3.63, 3.8) is 0 Å². The number of nitrogens with two attached hydrogens (primary N) is 1. The molecular formula is C24H22F4N4O3. The van der Waals surface area contributed by atoms with Crippen LogP contribution in [0, 0.1) is 5.82 Å². The zero-order valence-corrected chi connectivity index (χ0v) is 18.8. The monoisotopic (exact) mass is 490 g/mol. The highest BCUT2D eigenvalue weighted by Crippen LogP contribution is 2.46. The molecule has 184 valence electrons. The van der Waals surface area contributed by atoms with Gasteiger partial charge in [0, 0.05) is 30.9 Å². The van der Waals surface area contributed by atoms with Gasteiger partial charge in [-0.3, -0.25) is 9.59 Å². The highest BCUT2D eigenvalue weighted by Gasteiger charge is 2.47. The first-order valence-electron chi connectivity index (χ1n) is 10.6. The molecule has 35 heavy (non-hydrogen) atoms. The van der Waals surface area contributed by atoms with E-state index in [2.05, 4.69) is 10.3 Å². The van der Waals surface area contributed by atoms with Gasteiger partial charge in [0.25, 0.3) is 5.91 Å². The summed E-state index contributed by atoms with van der Waals surface area (Å²) in [6.07, 6.45) is -3.19. The summed E-state index contributed by atoms with van der Waals surface area (Å²) in [5, 5.41) is 2.32. The molecule has 1 aliphatic rings. The fraction of sp³-hybridized carbons (Fsp3) is 0.292. The molecule has 1 aromatic carbocycles. The van der Waals surface area contributed by atoms with Crippen molar-refractivity contribution in [1.82, 2.24) is 14.9 Å². The van der Waals surface area contributed by atoms with Gasteiger partial charge in [-0.15, -0.1) is 0 Å². The van der Waals surface area contributed by atoms with E-state index in [0.29, 0.717) is 5.56 Å². The number of fused-ring (bicyclic) bond motifs is 1. The van der Waals surface area contributed by atoms with Crippen LogP contribution in [-0.2, 0) is 17.3 Å². The summed E-state index contributed by atoms with van der Waals surface area (Å²) in [5.41, 5.74) is 4.39. The zero-order valence-electron chi connectivity index (χ0n) is 18.8. The Hall–Kier alpha value is -3.89. The highest BCUT2D eigenvalue weighted by atomic mass is 19.4. The number of hydrogen-bond donors (Lipinski definition) is 2. The van der Waals surface area contributed by atoms with Crippen LogP contribution in [0.25, 0.3) is 11.3 Å². The number of pyridine rings is 1. The number of hydrogen-bond acceptors (Lipinski definition) is 4. The van der Waals surface area contributed by atoms with Crippen molar-refractivity contribution in [3.8, 4) is 17.0 Å². The van der Waals surface area contributed by atoms with Crippen molar-refractivity contribution in [2.24, 2.45) is 12.8 Å². The lowest BCUT2D eigenvalue weighted by atomic mass is 9.82. The number of benzene rings is 1. The topological polar surface area (TPSA) is 99.2 Å². The molecule has 4 rings (SSSR count). The molecule has 1 aliphatic heterocycles. The fourth-order valence-electron chi connectivity index (χ4n) is 3.96. The van der Waals surface area contributed by atoms with Crippen LogP contribution in [0.3, 0.4) is 0 Å². The number of nitrogens with zero attached hydrogens (tertiary/aromatic N) is 2. The molecular weight excluding hydrogens is 468 g/mol. The van der Waals surface area contributed by atoms with Crippen LogP contribution in [0.15, 0.2) is 48.7 Å². The molecule has 0 saturated heterocycles. The lowest BCUT2D eigenvalue weighted by molar-refractivity contribution is -0.149. The van der Waals surface area contributed by atoms with Crippen LogP contribution >= 0.6 is 0 Å². The summed E-state index contributed by atoms with van der Waals surface area (Å²) in [4.78, 5) is 28.9. The first-order valence-corrected chi connectivity index (χ1v) is 10.6. The number of nitrogens with one attached hydrogen (secondary N) is 1. The molecule has 0 bridgehead atoms. The van der Waals surface area contributed by atoms with E-state index in [-0.39, 0.29) is 29.3 Å². The van der Waals surface area contributed by atoms with Crippen molar-refractivity contribution >= 4 is 11.8 Å². The Balaban J connectivity index is 1.81. The summed E-state index contributed by atoms with van der Waals surface area (Å²) >= 11 is 0. The number of carbonyl (C=O) groups is 2. The second kappa shape index (κ2) is 8.71. The third kappa shape index (κ3) is 4.45. The van der Waals surface area contributed by atoms with E-state index in [1.807, 2.05) is 0 Å². The molecule has 7 nitrogen and oxygen atoms in total. The van der Waals surface area contributed by atoms with E-state index in [1.54, 1.807) is 19.3 Å². The number of halogens is 4. The van der Waals surface area contributed by atoms with E-state index in [4.69, 9.17) is 10.5 Å². The van der Waals surface area contributed by atoms with Gasteiger partial charge in [-0.05, 0) is 49.4 Å². The minimum absolute atomic E-state index is 0.0190. The van der Waals surface area contributed by atoms with Crippen molar-refractivity contribution in [2.75, 3.05) is 13.2 Å². The van der Waals surface area contributed by atoms with Crippen LogP contribution in [0.5, 0.6) is 5.75 Å². The Labute approximate surface area is 197 Å².